The van der Waals surface area contributed by atoms with E-state index in [0.29, 0.717) is 24.0 Å². The zero-order valence-corrected chi connectivity index (χ0v) is 22.7. The minimum absolute atomic E-state index is 0.158. The number of carboxylic acids is 1. The number of esters is 1. The number of carboxylic acid groups (broad SMARTS) is 1. The Morgan fingerprint density at radius 2 is 1.78 bits per heavy atom. The zero-order chi connectivity index (χ0) is 26.8. The number of benzene rings is 1. The van der Waals surface area contributed by atoms with E-state index in [1.165, 1.54) is 5.56 Å². The van der Waals surface area contributed by atoms with Crippen molar-refractivity contribution in [2.24, 2.45) is 23.5 Å². The summed E-state index contributed by atoms with van der Waals surface area (Å²) in [5.74, 6) is 0.235. The van der Waals surface area contributed by atoms with Gasteiger partial charge in [-0.1, -0.05) is 58.1 Å². The van der Waals surface area contributed by atoms with Crippen LogP contribution in [-0.4, -0.2) is 47.0 Å². The molecule has 3 rings (SSSR count). The lowest BCUT2D eigenvalue weighted by molar-refractivity contribution is -0.152. The number of rotatable bonds is 16. The van der Waals surface area contributed by atoms with Crippen LogP contribution in [0.5, 0.6) is 5.75 Å². The maximum absolute atomic E-state index is 12.7. The van der Waals surface area contributed by atoms with Crippen LogP contribution in [0.15, 0.2) is 18.2 Å². The first kappa shape index (κ1) is 29.4. The minimum atomic E-state index is -0.987. The normalized spacial score (nSPS) is 24.1. The van der Waals surface area contributed by atoms with Gasteiger partial charge in [-0.15, -0.1) is 0 Å². The van der Waals surface area contributed by atoms with Gasteiger partial charge in [0.15, 0.2) is 6.61 Å². The topological polar surface area (TPSA) is 119 Å². The van der Waals surface area contributed by atoms with Crippen molar-refractivity contribution < 1.29 is 29.3 Å². The number of carbonyl (C=O) groups excluding carboxylic acids is 1. The molecule has 37 heavy (non-hydrogen) atoms. The van der Waals surface area contributed by atoms with Gasteiger partial charge in [0.25, 0.3) is 0 Å². The largest absolute Gasteiger partial charge is 0.482 e. The molecular weight excluding hydrogens is 470 g/mol. The van der Waals surface area contributed by atoms with E-state index in [9.17, 15) is 14.7 Å². The maximum atomic E-state index is 12.7. The van der Waals surface area contributed by atoms with E-state index in [1.54, 1.807) is 0 Å². The lowest BCUT2D eigenvalue weighted by Crippen LogP contribution is -2.35. The first-order valence-corrected chi connectivity index (χ1v) is 14.4. The predicted molar refractivity (Wildman–Crippen MR) is 143 cm³/mol. The first-order chi connectivity index (χ1) is 17.8. The predicted octanol–water partition coefficient (Wildman–Crippen LogP) is 5.04. The van der Waals surface area contributed by atoms with Crippen LogP contribution in [-0.2, 0) is 27.2 Å². The average Bonchev–Trinajstić information content (AvgIpc) is 3.18. The van der Waals surface area contributed by atoms with Crippen molar-refractivity contribution in [1.82, 2.24) is 0 Å². The second kappa shape index (κ2) is 14.7. The molecule has 0 radical (unpaired) electrons. The summed E-state index contributed by atoms with van der Waals surface area (Å²) >= 11 is 0. The number of aliphatic carboxylic acids is 1. The molecule has 2 aliphatic rings. The van der Waals surface area contributed by atoms with E-state index in [0.717, 1.165) is 82.6 Å². The molecule has 0 aliphatic heterocycles. The van der Waals surface area contributed by atoms with Crippen molar-refractivity contribution in [3.05, 3.63) is 29.3 Å². The van der Waals surface area contributed by atoms with Crippen LogP contribution < -0.4 is 10.5 Å². The zero-order valence-electron chi connectivity index (χ0n) is 22.7. The summed E-state index contributed by atoms with van der Waals surface area (Å²) in [7, 11) is 0. The molecule has 0 heterocycles. The molecule has 7 heteroatoms. The molecule has 1 saturated carbocycles. The Hall–Kier alpha value is -2.12. The van der Waals surface area contributed by atoms with Crippen LogP contribution in [0.3, 0.4) is 0 Å². The molecular formula is C30H47NO6. The SMILES string of the molecule is CCCCCC(N)C(=O)O[C@@H](CCCCC)CC[C@@H]1[C@H]2Cc3cccc(OCC(=O)O)c3C[C@H]2C[C@H]1O. The average molecular weight is 518 g/mol. The number of carbonyl (C=O) groups is 2. The highest BCUT2D eigenvalue weighted by Crippen LogP contribution is 2.48. The van der Waals surface area contributed by atoms with E-state index < -0.39 is 12.0 Å². The first-order valence-electron chi connectivity index (χ1n) is 14.4. The molecule has 1 aromatic rings. The van der Waals surface area contributed by atoms with Crippen LogP contribution in [0.2, 0.25) is 0 Å². The fourth-order valence-corrected chi connectivity index (χ4v) is 6.33. The van der Waals surface area contributed by atoms with Crippen LogP contribution in [0, 0.1) is 17.8 Å². The molecule has 2 aliphatic carbocycles. The third-order valence-electron chi connectivity index (χ3n) is 8.35. The third kappa shape index (κ3) is 8.44. The van der Waals surface area contributed by atoms with Crippen LogP contribution in [0.4, 0.5) is 0 Å². The van der Waals surface area contributed by atoms with Crippen molar-refractivity contribution >= 4 is 11.9 Å². The lowest BCUT2D eigenvalue weighted by Gasteiger charge is -2.33. The molecule has 1 fully saturated rings. The molecule has 1 unspecified atom stereocenters. The van der Waals surface area contributed by atoms with Gasteiger partial charge in [-0.3, -0.25) is 4.79 Å². The van der Waals surface area contributed by atoms with Crippen molar-refractivity contribution in [2.75, 3.05) is 6.61 Å². The number of ether oxygens (including phenoxy) is 2. The van der Waals surface area contributed by atoms with E-state index in [-0.39, 0.29) is 30.7 Å². The molecule has 208 valence electrons. The number of unbranched alkanes of at least 4 members (excludes halogenated alkanes) is 4. The van der Waals surface area contributed by atoms with E-state index >= 15 is 0 Å². The van der Waals surface area contributed by atoms with Gasteiger partial charge in [0.05, 0.1) is 6.10 Å². The fraction of sp³-hybridized carbons (Fsp3) is 0.733. The summed E-state index contributed by atoms with van der Waals surface area (Å²) in [5.41, 5.74) is 8.40. The van der Waals surface area contributed by atoms with Crippen molar-refractivity contribution in [1.29, 1.82) is 0 Å². The van der Waals surface area contributed by atoms with Gasteiger partial charge in [-0.25, -0.2) is 4.79 Å². The summed E-state index contributed by atoms with van der Waals surface area (Å²) in [5, 5.41) is 20.0. The van der Waals surface area contributed by atoms with Crippen LogP contribution >= 0.6 is 0 Å². The monoisotopic (exact) mass is 517 g/mol. The van der Waals surface area contributed by atoms with E-state index in [2.05, 4.69) is 19.9 Å². The Morgan fingerprint density at radius 1 is 1.05 bits per heavy atom. The molecule has 0 spiro atoms. The highest BCUT2D eigenvalue weighted by atomic mass is 16.5. The van der Waals surface area contributed by atoms with Gasteiger partial charge in [0.1, 0.15) is 17.9 Å². The second-order valence-electron chi connectivity index (χ2n) is 11.1. The molecule has 6 atom stereocenters. The van der Waals surface area contributed by atoms with Gasteiger partial charge in [0, 0.05) is 0 Å². The summed E-state index contributed by atoms with van der Waals surface area (Å²) < 4.78 is 11.5. The standard InChI is InChI=1S/C30H47NO6/c1-3-5-7-11-22(37-30(35)26(31)12-8-6-4-2)14-15-23-24-16-20-10-9-13-28(36-19-29(33)34)25(20)17-21(24)18-27(23)32/h9-10,13,21-24,26-27,32H,3-8,11-12,14-19,31H2,1-2H3,(H,33,34)/t21-,22-,23+,24-,26?,27+/m0/s1. The fourth-order valence-electron chi connectivity index (χ4n) is 6.33. The molecule has 0 bridgehead atoms. The number of nitrogens with two attached hydrogens (primary N) is 1. The number of aliphatic hydroxyl groups is 1. The van der Waals surface area contributed by atoms with Gasteiger partial charge in [-0.05, 0) is 86.3 Å². The highest BCUT2D eigenvalue weighted by Gasteiger charge is 2.45. The van der Waals surface area contributed by atoms with E-state index in [4.69, 9.17) is 20.3 Å². The van der Waals surface area contributed by atoms with Gasteiger partial charge >= 0.3 is 11.9 Å². The number of hydrogen-bond acceptors (Lipinski definition) is 6. The minimum Gasteiger partial charge on any atom is -0.482 e. The van der Waals surface area contributed by atoms with Crippen LogP contribution in [0.25, 0.3) is 0 Å². The van der Waals surface area contributed by atoms with Gasteiger partial charge in [0.2, 0.25) is 0 Å². The Morgan fingerprint density at radius 3 is 2.49 bits per heavy atom. The maximum Gasteiger partial charge on any atom is 0.341 e. The molecule has 1 aromatic carbocycles. The smallest absolute Gasteiger partial charge is 0.341 e. The Kier molecular flexibility index (Phi) is 11.7. The Balaban J connectivity index is 1.62. The third-order valence-corrected chi connectivity index (χ3v) is 8.35. The molecule has 0 amide bonds. The van der Waals surface area contributed by atoms with E-state index in [1.807, 2.05) is 12.1 Å². The Bertz CT molecular complexity index is 874. The number of hydrogen-bond donors (Lipinski definition) is 3. The summed E-state index contributed by atoms with van der Waals surface area (Å²) in [4.78, 5) is 23.7. The van der Waals surface area contributed by atoms with Crippen molar-refractivity contribution in [2.45, 2.75) is 116 Å². The van der Waals surface area contributed by atoms with Crippen LogP contribution in [0.1, 0.15) is 95.6 Å². The molecule has 7 nitrogen and oxygen atoms in total. The van der Waals surface area contributed by atoms with Crippen molar-refractivity contribution in [3.8, 4) is 5.75 Å². The summed E-state index contributed by atoms with van der Waals surface area (Å²) in [6.07, 6.45) is 11.3. The highest BCUT2D eigenvalue weighted by molar-refractivity contribution is 5.75. The number of fused-ring (bicyclic) bond motifs is 2. The molecule has 0 saturated heterocycles. The lowest BCUT2D eigenvalue weighted by atomic mass is 9.73. The molecule has 0 aromatic heterocycles. The Labute approximate surface area is 222 Å². The molecule has 4 N–H and O–H groups in total. The summed E-state index contributed by atoms with van der Waals surface area (Å²) in [6.45, 7) is 3.95. The summed E-state index contributed by atoms with van der Waals surface area (Å²) in [6, 6.07) is 5.29. The van der Waals surface area contributed by atoms with Gasteiger partial charge < -0.3 is 25.4 Å². The second-order valence-corrected chi connectivity index (χ2v) is 11.1. The number of aliphatic hydroxyl groups excluding tert-OH is 1. The van der Waals surface area contributed by atoms with Crippen molar-refractivity contribution in [3.63, 3.8) is 0 Å². The quantitative estimate of drug-likeness (QED) is 0.208. The van der Waals surface area contributed by atoms with Gasteiger partial charge in [-0.2, -0.15) is 0 Å².